The fourth-order valence-electron chi connectivity index (χ4n) is 1.37. The third-order valence-electron chi connectivity index (χ3n) is 2.75. The summed E-state index contributed by atoms with van der Waals surface area (Å²) in [6, 6.07) is 3.77. The molecule has 0 heterocycles. The van der Waals surface area contributed by atoms with Gasteiger partial charge in [-0.05, 0) is 18.2 Å². The zero-order valence-corrected chi connectivity index (χ0v) is 11.0. The van der Waals surface area contributed by atoms with Gasteiger partial charge in [-0.25, -0.2) is 4.39 Å². The van der Waals surface area contributed by atoms with Crippen molar-refractivity contribution in [3.05, 3.63) is 34.1 Å². The minimum atomic E-state index is -1.04. The number of benzene rings is 1. The molecule has 0 bridgehead atoms. The van der Waals surface area contributed by atoms with Crippen LogP contribution in [0, 0.1) is 17.7 Å². The van der Waals surface area contributed by atoms with Crippen LogP contribution in [0.2, 0.25) is 0 Å². The summed E-state index contributed by atoms with van der Waals surface area (Å²) >= 11 is 3.15. The van der Waals surface area contributed by atoms with Crippen LogP contribution in [-0.2, 0) is 4.79 Å². The van der Waals surface area contributed by atoms with E-state index in [1.807, 2.05) is 0 Å². The van der Waals surface area contributed by atoms with Crippen molar-refractivity contribution in [3.63, 3.8) is 0 Å². The number of rotatable bonds is 4. The number of carboxylic acids is 1. The Morgan fingerprint density at radius 1 is 1.29 bits per heavy atom. The van der Waals surface area contributed by atoms with E-state index in [4.69, 9.17) is 5.11 Å². The first kappa shape index (κ1) is 13.8. The number of hydrogen-bond acceptors (Lipinski definition) is 2. The Bertz CT molecular complexity index is 459. The summed E-state index contributed by atoms with van der Waals surface area (Å²) in [6.07, 6.45) is 0. The molecule has 0 spiro atoms. The van der Waals surface area contributed by atoms with E-state index in [2.05, 4.69) is 15.9 Å². The van der Waals surface area contributed by atoms with Crippen LogP contribution in [-0.4, -0.2) is 16.9 Å². The van der Waals surface area contributed by atoms with Gasteiger partial charge >= 0.3 is 5.97 Å². The maximum Gasteiger partial charge on any atom is 0.306 e. The van der Waals surface area contributed by atoms with Crippen LogP contribution >= 0.6 is 15.9 Å². The predicted molar refractivity (Wildman–Crippen MR) is 64.4 cm³/mol. The third kappa shape index (κ3) is 3.12. The number of halogens is 2. The van der Waals surface area contributed by atoms with Crippen molar-refractivity contribution in [1.82, 2.24) is 0 Å². The maximum atomic E-state index is 13.0. The molecule has 3 nitrogen and oxygen atoms in total. The number of hydrogen-bond donors (Lipinski definition) is 1. The largest absolute Gasteiger partial charge is 0.481 e. The third-order valence-corrected chi connectivity index (χ3v) is 3.44. The molecule has 0 aromatic heterocycles. The summed E-state index contributed by atoms with van der Waals surface area (Å²) in [5.74, 6) is -3.46. The Hall–Kier alpha value is -1.23. The first-order valence-electron chi connectivity index (χ1n) is 5.06. The summed E-state index contributed by atoms with van der Waals surface area (Å²) in [7, 11) is 0. The molecule has 0 aliphatic rings. The lowest BCUT2D eigenvalue weighted by atomic mass is 9.88. The van der Waals surface area contributed by atoms with E-state index in [1.54, 1.807) is 0 Å². The highest BCUT2D eigenvalue weighted by molar-refractivity contribution is 9.10. The van der Waals surface area contributed by atoms with Gasteiger partial charge in [0.15, 0.2) is 5.78 Å². The molecule has 5 heteroatoms. The highest BCUT2D eigenvalue weighted by atomic mass is 79.9. The van der Waals surface area contributed by atoms with Crippen molar-refractivity contribution < 1.29 is 19.1 Å². The molecule has 0 saturated carbocycles. The first-order chi connectivity index (χ1) is 7.84. The van der Waals surface area contributed by atoms with Crippen LogP contribution in [0.1, 0.15) is 24.2 Å². The fraction of sp³-hybridized carbons (Fsp3) is 0.333. The highest BCUT2D eigenvalue weighted by Gasteiger charge is 2.27. The number of aliphatic carboxylic acids is 1. The van der Waals surface area contributed by atoms with E-state index in [0.29, 0.717) is 4.47 Å². The molecule has 2 atom stereocenters. The molecular formula is C12H12BrFO3. The van der Waals surface area contributed by atoms with Gasteiger partial charge < -0.3 is 5.11 Å². The molecular weight excluding hydrogens is 291 g/mol. The predicted octanol–water partition coefficient (Wildman–Crippen LogP) is 3.13. The Kier molecular flexibility index (Phi) is 4.40. The molecule has 1 N–H and O–H groups in total. The minimum Gasteiger partial charge on any atom is -0.481 e. The zero-order valence-electron chi connectivity index (χ0n) is 9.41. The summed E-state index contributed by atoms with van der Waals surface area (Å²) < 4.78 is 13.5. The molecule has 0 radical (unpaired) electrons. The lowest BCUT2D eigenvalue weighted by molar-refractivity contribution is -0.142. The molecule has 2 unspecified atom stereocenters. The number of carboxylic acid groups (broad SMARTS) is 1. The average Bonchev–Trinajstić information content (AvgIpc) is 2.29. The van der Waals surface area contributed by atoms with Crippen molar-refractivity contribution in [3.8, 4) is 0 Å². The van der Waals surface area contributed by atoms with Gasteiger partial charge in [0.05, 0.1) is 5.92 Å². The summed E-state index contributed by atoms with van der Waals surface area (Å²) in [4.78, 5) is 22.8. The second-order valence-corrected chi connectivity index (χ2v) is 4.76. The summed E-state index contributed by atoms with van der Waals surface area (Å²) in [5, 5.41) is 8.83. The van der Waals surface area contributed by atoms with Crippen LogP contribution < -0.4 is 0 Å². The topological polar surface area (TPSA) is 54.4 Å². The van der Waals surface area contributed by atoms with Crippen molar-refractivity contribution in [2.45, 2.75) is 13.8 Å². The minimum absolute atomic E-state index is 0.172. The molecule has 1 aromatic carbocycles. The van der Waals surface area contributed by atoms with Crippen molar-refractivity contribution in [2.75, 3.05) is 0 Å². The van der Waals surface area contributed by atoms with Gasteiger partial charge in [-0.3, -0.25) is 9.59 Å². The van der Waals surface area contributed by atoms with E-state index in [9.17, 15) is 14.0 Å². The fourth-order valence-corrected chi connectivity index (χ4v) is 1.81. The number of Topliss-reactive ketones (excluding diaryl/α,β-unsaturated/α-hetero) is 1. The van der Waals surface area contributed by atoms with Gasteiger partial charge in [-0.15, -0.1) is 0 Å². The van der Waals surface area contributed by atoms with Gasteiger partial charge in [0.1, 0.15) is 5.82 Å². The number of ketones is 1. The summed E-state index contributed by atoms with van der Waals surface area (Å²) in [6.45, 7) is 2.98. The molecule has 0 amide bonds. The van der Waals surface area contributed by atoms with Crippen LogP contribution in [0.3, 0.4) is 0 Å². The Morgan fingerprint density at radius 2 is 1.88 bits per heavy atom. The van der Waals surface area contributed by atoms with Crippen LogP contribution in [0.15, 0.2) is 22.7 Å². The lowest BCUT2D eigenvalue weighted by Gasteiger charge is -2.15. The van der Waals surface area contributed by atoms with E-state index in [1.165, 1.54) is 26.0 Å². The van der Waals surface area contributed by atoms with Gasteiger partial charge in [-0.1, -0.05) is 29.8 Å². The zero-order chi connectivity index (χ0) is 13.2. The smallest absolute Gasteiger partial charge is 0.306 e. The molecule has 0 saturated heterocycles. The standard InChI is InChI=1S/C12H12BrFO3/c1-6(7(2)12(16)17)11(15)9-5-8(14)3-4-10(9)13/h3-7H,1-2H3,(H,16,17). The molecule has 0 aliphatic heterocycles. The molecule has 1 aromatic rings. The Morgan fingerprint density at radius 3 is 2.41 bits per heavy atom. The monoisotopic (exact) mass is 302 g/mol. The van der Waals surface area contributed by atoms with Crippen LogP contribution in [0.5, 0.6) is 0 Å². The van der Waals surface area contributed by atoms with Gasteiger partial charge in [0, 0.05) is 16.0 Å². The first-order valence-corrected chi connectivity index (χ1v) is 5.86. The Labute approximate surface area is 107 Å². The van der Waals surface area contributed by atoms with Gasteiger partial charge in [0.25, 0.3) is 0 Å². The van der Waals surface area contributed by atoms with Crippen molar-refractivity contribution in [2.24, 2.45) is 11.8 Å². The molecule has 0 fully saturated rings. The number of carbonyl (C=O) groups excluding carboxylic acids is 1. The number of carbonyl (C=O) groups is 2. The highest BCUT2D eigenvalue weighted by Crippen LogP contribution is 2.24. The Balaban J connectivity index is 3.04. The van der Waals surface area contributed by atoms with E-state index in [-0.39, 0.29) is 11.3 Å². The molecule has 92 valence electrons. The summed E-state index contributed by atoms with van der Waals surface area (Å²) in [5.41, 5.74) is 0.172. The van der Waals surface area contributed by atoms with E-state index < -0.39 is 23.6 Å². The second-order valence-electron chi connectivity index (χ2n) is 3.90. The van der Waals surface area contributed by atoms with Crippen molar-refractivity contribution >= 4 is 27.7 Å². The van der Waals surface area contributed by atoms with Crippen LogP contribution in [0.25, 0.3) is 0 Å². The van der Waals surface area contributed by atoms with Crippen molar-refractivity contribution in [1.29, 1.82) is 0 Å². The SMILES string of the molecule is CC(C(=O)O)C(C)C(=O)c1cc(F)ccc1Br. The van der Waals surface area contributed by atoms with E-state index >= 15 is 0 Å². The molecule has 0 aliphatic carbocycles. The molecule has 17 heavy (non-hydrogen) atoms. The quantitative estimate of drug-likeness (QED) is 0.869. The maximum absolute atomic E-state index is 13.0. The van der Waals surface area contributed by atoms with Gasteiger partial charge in [0.2, 0.25) is 0 Å². The normalized spacial score (nSPS) is 14.1. The van der Waals surface area contributed by atoms with E-state index in [0.717, 1.165) is 6.07 Å². The molecule has 1 rings (SSSR count). The van der Waals surface area contributed by atoms with Crippen LogP contribution in [0.4, 0.5) is 4.39 Å². The average molecular weight is 303 g/mol. The lowest BCUT2D eigenvalue weighted by Crippen LogP contribution is -2.25. The second kappa shape index (κ2) is 5.40. The van der Waals surface area contributed by atoms with Gasteiger partial charge in [-0.2, -0.15) is 0 Å².